The van der Waals surface area contributed by atoms with Gasteiger partial charge in [0.25, 0.3) is 0 Å². The molecule has 38 heavy (non-hydrogen) atoms. The molecule has 206 valence electrons. The standard InChI is InChI=1S/C23H32N6O8P/c1-12(2)35-20(31)13(3)28-38(33)34-10-23(9-24)18(36-21(32)22(4,5)6)16(30)17(37-23)14-7-8-15-19(25)26-11-27-29(14)15/h7-8,11-13,16-18,30H,10H2,1-6H3,(H,28,33)(H2,25,26,27)/q+1/t13-,16-,17-,18-,23+/m0/s1. The Balaban J connectivity index is 1.89. The molecule has 0 amide bonds. The average Bonchev–Trinajstić information content (AvgIpc) is 3.37. The van der Waals surface area contributed by atoms with E-state index in [0.717, 1.165) is 0 Å². The maximum atomic E-state index is 12.8. The summed E-state index contributed by atoms with van der Waals surface area (Å²) in [7, 11) is -2.70. The molecule has 3 heterocycles. The van der Waals surface area contributed by atoms with E-state index in [9.17, 15) is 24.5 Å². The molecule has 1 fully saturated rings. The van der Waals surface area contributed by atoms with Crippen molar-refractivity contribution in [3.63, 3.8) is 0 Å². The molecule has 2 aromatic heterocycles. The summed E-state index contributed by atoms with van der Waals surface area (Å²) < 4.78 is 36.0. The second kappa shape index (κ2) is 11.3. The molecule has 0 aliphatic carbocycles. The lowest BCUT2D eigenvalue weighted by molar-refractivity contribution is -0.170. The summed E-state index contributed by atoms with van der Waals surface area (Å²) in [4.78, 5) is 28.7. The van der Waals surface area contributed by atoms with Gasteiger partial charge in [0, 0.05) is 0 Å². The lowest BCUT2D eigenvalue weighted by atomic mass is 9.93. The maximum absolute atomic E-state index is 12.8. The molecule has 15 heteroatoms. The number of hydrogen-bond acceptors (Lipinski definition) is 12. The smallest absolute Gasteiger partial charge is 0.462 e. The fourth-order valence-corrected chi connectivity index (χ4v) is 4.46. The van der Waals surface area contributed by atoms with Crippen molar-refractivity contribution >= 4 is 31.5 Å². The highest BCUT2D eigenvalue weighted by molar-refractivity contribution is 7.36. The number of anilines is 1. The summed E-state index contributed by atoms with van der Waals surface area (Å²) >= 11 is 0. The molecule has 1 aliphatic rings. The van der Waals surface area contributed by atoms with Crippen LogP contribution in [0, 0.1) is 16.7 Å². The Morgan fingerprint density at radius 1 is 1.37 bits per heavy atom. The summed E-state index contributed by atoms with van der Waals surface area (Å²) in [5, 5.41) is 28.0. The fraction of sp³-hybridized carbons (Fsp3) is 0.609. The van der Waals surface area contributed by atoms with E-state index >= 15 is 0 Å². The minimum Gasteiger partial charge on any atom is -0.462 e. The Kier molecular flexibility index (Phi) is 8.70. The first-order valence-corrected chi connectivity index (χ1v) is 13.0. The van der Waals surface area contributed by atoms with E-state index in [-0.39, 0.29) is 11.9 Å². The highest BCUT2D eigenvalue weighted by Crippen LogP contribution is 2.44. The van der Waals surface area contributed by atoms with Crippen molar-refractivity contribution in [1.29, 1.82) is 5.26 Å². The molecule has 14 nitrogen and oxygen atoms in total. The van der Waals surface area contributed by atoms with Crippen molar-refractivity contribution in [2.24, 2.45) is 5.41 Å². The van der Waals surface area contributed by atoms with E-state index in [4.69, 9.17) is 24.5 Å². The quantitative estimate of drug-likeness (QED) is 0.300. The van der Waals surface area contributed by atoms with Gasteiger partial charge in [-0.25, -0.2) is 9.50 Å². The van der Waals surface area contributed by atoms with E-state index in [0.29, 0.717) is 11.2 Å². The number of nitrogen functional groups attached to an aromatic ring is 1. The third-order valence-corrected chi connectivity index (χ3v) is 6.62. The van der Waals surface area contributed by atoms with E-state index in [1.165, 1.54) is 17.8 Å². The molecule has 2 aromatic rings. The topological polar surface area (TPSA) is 200 Å². The lowest BCUT2D eigenvalue weighted by Gasteiger charge is -2.28. The zero-order valence-electron chi connectivity index (χ0n) is 21.9. The molecular formula is C23H32N6O8P+. The number of rotatable bonds is 9. The number of nitrogens with one attached hydrogen (secondary N) is 1. The second-order valence-electron chi connectivity index (χ2n) is 10.2. The molecular weight excluding hydrogens is 519 g/mol. The number of aliphatic hydroxyl groups is 1. The third kappa shape index (κ3) is 6.09. The van der Waals surface area contributed by atoms with Gasteiger partial charge in [0.05, 0.1) is 17.2 Å². The Hall–Kier alpha value is -3.21. The number of carbonyl (C=O) groups is 2. The summed E-state index contributed by atoms with van der Waals surface area (Å²) in [6, 6.07) is 4.13. The highest BCUT2D eigenvalue weighted by Gasteiger charge is 2.61. The van der Waals surface area contributed by atoms with Gasteiger partial charge >= 0.3 is 20.1 Å². The van der Waals surface area contributed by atoms with Gasteiger partial charge in [0.2, 0.25) is 5.60 Å². The van der Waals surface area contributed by atoms with Gasteiger partial charge < -0.3 is 25.1 Å². The zero-order chi connectivity index (χ0) is 28.4. The number of fused-ring (bicyclic) bond motifs is 1. The van der Waals surface area contributed by atoms with Crippen molar-refractivity contribution in [2.45, 2.75) is 77.6 Å². The lowest BCUT2D eigenvalue weighted by Crippen LogP contribution is -2.49. The minimum atomic E-state index is -2.70. The number of hydrogen-bond donors (Lipinski definition) is 3. The molecule has 1 aliphatic heterocycles. The van der Waals surface area contributed by atoms with Crippen molar-refractivity contribution in [2.75, 3.05) is 12.3 Å². The molecule has 4 N–H and O–H groups in total. The van der Waals surface area contributed by atoms with Crippen LogP contribution in [-0.2, 0) is 32.9 Å². The third-order valence-electron chi connectivity index (χ3n) is 5.66. The number of nitriles is 1. The van der Waals surface area contributed by atoms with Crippen LogP contribution in [0.15, 0.2) is 18.5 Å². The summed E-state index contributed by atoms with van der Waals surface area (Å²) in [6.07, 6.45) is -3.43. The molecule has 0 spiro atoms. The van der Waals surface area contributed by atoms with Gasteiger partial charge in [-0.15, -0.1) is 4.52 Å². The van der Waals surface area contributed by atoms with Gasteiger partial charge in [-0.3, -0.25) is 9.59 Å². The van der Waals surface area contributed by atoms with Crippen LogP contribution in [0.2, 0.25) is 0 Å². The van der Waals surface area contributed by atoms with Crippen molar-refractivity contribution in [3.8, 4) is 6.07 Å². The van der Waals surface area contributed by atoms with E-state index < -0.39 is 62.1 Å². The molecule has 0 bridgehead atoms. The minimum absolute atomic E-state index is 0.178. The van der Waals surface area contributed by atoms with Gasteiger partial charge in [-0.1, -0.05) is 5.09 Å². The Morgan fingerprint density at radius 2 is 2.05 bits per heavy atom. The second-order valence-corrected chi connectivity index (χ2v) is 11.2. The molecule has 0 saturated carbocycles. The highest BCUT2D eigenvalue weighted by atomic mass is 31.1. The van der Waals surface area contributed by atoms with Crippen molar-refractivity contribution in [1.82, 2.24) is 19.7 Å². The molecule has 6 atom stereocenters. The summed E-state index contributed by atoms with van der Waals surface area (Å²) in [5.74, 6) is -1.17. The van der Waals surface area contributed by atoms with Crippen LogP contribution < -0.4 is 10.8 Å². The fourth-order valence-electron chi connectivity index (χ4n) is 3.65. The van der Waals surface area contributed by atoms with Crippen LogP contribution in [0.1, 0.15) is 53.3 Å². The van der Waals surface area contributed by atoms with Crippen LogP contribution in [0.3, 0.4) is 0 Å². The monoisotopic (exact) mass is 551 g/mol. The van der Waals surface area contributed by atoms with Gasteiger partial charge in [0.1, 0.15) is 36.2 Å². The summed E-state index contributed by atoms with van der Waals surface area (Å²) in [5.41, 5.74) is 3.61. The predicted molar refractivity (Wildman–Crippen MR) is 132 cm³/mol. The molecule has 0 radical (unpaired) electrons. The van der Waals surface area contributed by atoms with Crippen molar-refractivity contribution < 1.29 is 38.0 Å². The molecule has 3 rings (SSSR count). The number of carbonyl (C=O) groups excluding carboxylic acids is 2. The molecule has 1 saturated heterocycles. The normalized spacial score (nSPS) is 24.7. The predicted octanol–water partition coefficient (Wildman–Crippen LogP) is 1.57. The largest absolute Gasteiger partial charge is 0.613 e. The first kappa shape index (κ1) is 29.3. The maximum Gasteiger partial charge on any atom is 0.613 e. The van der Waals surface area contributed by atoms with Gasteiger partial charge in [-0.05, 0) is 58.2 Å². The van der Waals surface area contributed by atoms with E-state index in [1.54, 1.807) is 46.8 Å². The Bertz CT molecular complexity index is 1250. The Labute approximate surface area is 220 Å². The van der Waals surface area contributed by atoms with Crippen LogP contribution in [-0.4, -0.2) is 68.2 Å². The van der Waals surface area contributed by atoms with Gasteiger partial charge in [0.15, 0.2) is 18.5 Å². The van der Waals surface area contributed by atoms with E-state index in [1.807, 2.05) is 6.07 Å². The van der Waals surface area contributed by atoms with Crippen LogP contribution in [0.5, 0.6) is 0 Å². The molecule has 1 unspecified atom stereocenters. The number of nitrogens with two attached hydrogens (primary N) is 1. The number of aliphatic hydroxyl groups excluding tert-OH is 1. The van der Waals surface area contributed by atoms with Crippen molar-refractivity contribution in [3.05, 3.63) is 24.2 Å². The number of esters is 2. The molecule has 0 aromatic carbocycles. The average molecular weight is 552 g/mol. The number of nitrogens with zero attached hydrogens (tertiary/aromatic N) is 4. The SMILES string of the molecule is CC(C)OC(=O)[C@H](C)N[P+](=O)OC[C@@]1(C#N)O[C@@H](c2ccc3c(N)ncnn23)[C@H](O)[C@@H]1OC(=O)C(C)(C)C. The first-order chi connectivity index (χ1) is 17.7. The Morgan fingerprint density at radius 3 is 2.66 bits per heavy atom. The zero-order valence-corrected chi connectivity index (χ0v) is 22.8. The van der Waals surface area contributed by atoms with Crippen LogP contribution in [0.4, 0.5) is 5.82 Å². The van der Waals surface area contributed by atoms with E-state index in [2.05, 4.69) is 15.2 Å². The van der Waals surface area contributed by atoms with Crippen LogP contribution >= 0.6 is 8.18 Å². The number of ether oxygens (including phenoxy) is 3. The first-order valence-electron chi connectivity index (χ1n) is 11.8. The van der Waals surface area contributed by atoms with Gasteiger partial charge in [-0.2, -0.15) is 10.4 Å². The summed E-state index contributed by atoms with van der Waals surface area (Å²) in [6.45, 7) is 8.93. The number of aromatic nitrogens is 3. The van der Waals surface area contributed by atoms with Crippen LogP contribution in [0.25, 0.3) is 5.52 Å².